The minimum Gasteiger partial charge on any atom is -0.385 e. The summed E-state index contributed by atoms with van der Waals surface area (Å²) in [5.41, 5.74) is 0.345. The van der Waals surface area contributed by atoms with Gasteiger partial charge < -0.3 is 14.8 Å². The van der Waals surface area contributed by atoms with E-state index in [0.29, 0.717) is 17.6 Å². The molecule has 1 aliphatic rings. The van der Waals surface area contributed by atoms with Gasteiger partial charge >= 0.3 is 0 Å². The van der Waals surface area contributed by atoms with E-state index in [-0.39, 0.29) is 0 Å². The second-order valence-electron chi connectivity index (χ2n) is 5.61. The highest BCUT2D eigenvalue weighted by molar-refractivity contribution is 4.91. The minimum atomic E-state index is 0.345. The van der Waals surface area contributed by atoms with Crippen molar-refractivity contribution in [2.75, 3.05) is 26.9 Å². The van der Waals surface area contributed by atoms with Gasteiger partial charge in [-0.15, -0.1) is 0 Å². The van der Waals surface area contributed by atoms with Gasteiger partial charge in [0.25, 0.3) is 0 Å². The topological polar surface area (TPSA) is 30.5 Å². The largest absolute Gasteiger partial charge is 0.385 e. The van der Waals surface area contributed by atoms with Crippen molar-refractivity contribution in [3.05, 3.63) is 0 Å². The van der Waals surface area contributed by atoms with Crippen LogP contribution >= 0.6 is 0 Å². The molecule has 0 aromatic rings. The lowest BCUT2D eigenvalue weighted by Gasteiger charge is -2.33. The quantitative estimate of drug-likeness (QED) is 0.665. The number of hydrogen-bond acceptors (Lipinski definition) is 3. The number of hydrogen-bond donors (Lipinski definition) is 1. The SMILES string of the molecule is COCCCCC1(CNC(C)C)CCOC1C. The Balaban J connectivity index is 2.41. The first kappa shape index (κ1) is 14.9. The standard InChI is InChI=1S/C14H29NO2/c1-12(2)15-11-14(7-5-6-9-16-4)8-10-17-13(14)3/h12-13,15H,5-11H2,1-4H3. The average molecular weight is 243 g/mol. The van der Waals surface area contributed by atoms with Gasteiger partial charge in [-0.05, 0) is 26.2 Å². The van der Waals surface area contributed by atoms with E-state index < -0.39 is 0 Å². The molecule has 0 spiro atoms. The minimum absolute atomic E-state index is 0.345. The molecule has 1 N–H and O–H groups in total. The molecule has 2 unspecified atom stereocenters. The van der Waals surface area contributed by atoms with Crippen molar-refractivity contribution in [3.8, 4) is 0 Å². The Labute approximate surface area is 106 Å². The maximum Gasteiger partial charge on any atom is 0.0616 e. The van der Waals surface area contributed by atoms with Gasteiger partial charge in [0.05, 0.1) is 6.10 Å². The highest BCUT2D eigenvalue weighted by Crippen LogP contribution is 2.39. The zero-order valence-electron chi connectivity index (χ0n) is 11.9. The molecule has 1 aliphatic heterocycles. The fourth-order valence-corrected chi connectivity index (χ4v) is 2.60. The van der Waals surface area contributed by atoms with E-state index in [1.165, 1.54) is 19.3 Å². The summed E-state index contributed by atoms with van der Waals surface area (Å²) in [6, 6.07) is 0.554. The molecule has 102 valence electrons. The normalized spacial score (nSPS) is 29.1. The van der Waals surface area contributed by atoms with E-state index in [0.717, 1.165) is 26.2 Å². The van der Waals surface area contributed by atoms with E-state index in [9.17, 15) is 0 Å². The van der Waals surface area contributed by atoms with Crippen LogP contribution in [0.4, 0.5) is 0 Å². The predicted octanol–water partition coefficient (Wildman–Crippen LogP) is 2.60. The van der Waals surface area contributed by atoms with Crippen molar-refractivity contribution in [1.29, 1.82) is 0 Å². The van der Waals surface area contributed by atoms with Crippen LogP contribution in [0.2, 0.25) is 0 Å². The third-order valence-electron chi connectivity index (χ3n) is 3.97. The first-order chi connectivity index (χ1) is 8.10. The molecule has 1 heterocycles. The summed E-state index contributed by atoms with van der Waals surface area (Å²) in [5.74, 6) is 0. The summed E-state index contributed by atoms with van der Waals surface area (Å²) in [4.78, 5) is 0. The number of unbranched alkanes of at least 4 members (excludes halogenated alkanes) is 1. The van der Waals surface area contributed by atoms with Gasteiger partial charge in [0.15, 0.2) is 0 Å². The summed E-state index contributed by atoms with van der Waals surface area (Å²) in [6.07, 6.45) is 5.22. The molecule has 2 atom stereocenters. The van der Waals surface area contributed by atoms with Gasteiger partial charge in [-0.25, -0.2) is 0 Å². The Morgan fingerprint density at radius 2 is 2.18 bits per heavy atom. The molecule has 0 aromatic carbocycles. The molecule has 0 aromatic heterocycles. The van der Waals surface area contributed by atoms with Crippen LogP contribution in [0, 0.1) is 5.41 Å². The maximum absolute atomic E-state index is 5.79. The van der Waals surface area contributed by atoms with Crippen molar-refractivity contribution >= 4 is 0 Å². The lowest BCUT2D eigenvalue weighted by atomic mass is 9.77. The lowest BCUT2D eigenvalue weighted by Crippen LogP contribution is -2.41. The smallest absolute Gasteiger partial charge is 0.0616 e. The highest BCUT2D eigenvalue weighted by atomic mass is 16.5. The molecular formula is C14H29NO2. The van der Waals surface area contributed by atoms with Gasteiger partial charge in [0.1, 0.15) is 0 Å². The van der Waals surface area contributed by atoms with E-state index in [1.54, 1.807) is 7.11 Å². The monoisotopic (exact) mass is 243 g/mol. The Bertz CT molecular complexity index is 208. The van der Waals surface area contributed by atoms with Crippen LogP contribution in [0.1, 0.15) is 46.5 Å². The second-order valence-corrected chi connectivity index (χ2v) is 5.61. The maximum atomic E-state index is 5.79. The molecule has 0 bridgehead atoms. The van der Waals surface area contributed by atoms with Crippen LogP contribution in [0.5, 0.6) is 0 Å². The number of methoxy groups -OCH3 is 1. The summed E-state index contributed by atoms with van der Waals surface area (Å²) >= 11 is 0. The average Bonchev–Trinajstić information content (AvgIpc) is 2.65. The lowest BCUT2D eigenvalue weighted by molar-refractivity contribution is 0.0548. The number of rotatable bonds is 8. The number of nitrogens with one attached hydrogen (secondary N) is 1. The Morgan fingerprint density at radius 3 is 2.71 bits per heavy atom. The molecule has 0 saturated carbocycles. The summed E-state index contributed by atoms with van der Waals surface area (Å²) in [6.45, 7) is 9.52. The molecule has 1 fully saturated rings. The summed E-state index contributed by atoms with van der Waals surface area (Å²) in [5, 5.41) is 3.59. The second kappa shape index (κ2) is 7.34. The highest BCUT2D eigenvalue weighted by Gasteiger charge is 2.40. The summed E-state index contributed by atoms with van der Waals surface area (Å²) in [7, 11) is 1.78. The van der Waals surface area contributed by atoms with Crippen LogP contribution in [-0.2, 0) is 9.47 Å². The third-order valence-corrected chi connectivity index (χ3v) is 3.97. The first-order valence-corrected chi connectivity index (χ1v) is 6.94. The van der Waals surface area contributed by atoms with Crippen molar-refractivity contribution in [2.24, 2.45) is 5.41 Å². The van der Waals surface area contributed by atoms with Crippen molar-refractivity contribution in [2.45, 2.75) is 58.6 Å². The molecule has 3 nitrogen and oxygen atoms in total. The molecular weight excluding hydrogens is 214 g/mol. The molecule has 1 rings (SSSR count). The van der Waals surface area contributed by atoms with Gasteiger partial charge in [0, 0.05) is 38.3 Å². The Kier molecular flexibility index (Phi) is 6.45. The van der Waals surface area contributed by atoms with E-state index in [4.69, 9.17) is 9.47 Å². The molecule has 3 heteroatoms. The van der Waals surface area contributed by atoms with Crippen LogP contribution < -0.4 is 5.32 Å². The van der Waals surface area contributed by atoms with Gasteiger partial charge in [-0.2, -0.15) is 0 Å². The molecule has 17 heavy (non-hydrogen) atoms. The van der Waals surface area contributed by atoms with E-state index >= 15 is 0 Å². The van der Waals surface area contributed by atoms with Gasteiger partial charge in [-0.1, -0.05) is 20.3 Å². The third kappa shape index (κ3) is 4.57. The van der Waals surface area contributed by atoms with Crippen LogP contribution in [0.3, 0.4) is 0 Å². The fraction of sp³-hybridized carbons (Fsp3) is 1.00. The zero-order chi connectivity index (χ0) is 12.7. The molecule has 0 amide bonds. The molecule has 1 saturated heterocycles. The van der Waals surface area contributed by atoms with Crippen LogP contribution in [0.25, 0.3) is 0 Å². The van der Waals surface area contributed by atoms with Crippen molar-refractivity contribution < 1.29 is 9.47 Å². The van der Waals surface area contributed by atoms with Crippen LogP contribution in [0.15, 0.2) is 0 Å². The first-order valence-electron chi connectivity index (χ1n) is 6.94. The van der Waals surface area contributed by atoms with Gasteiger partial charge in [0.2, 0.25) is 0 Å². The van der Waals surface area contributed by atoms with E-state index in [1.807, 2.05) is 0 Å². The summed E-state index contributed by atoms with van der Waals surface area (Å²) < 4.78 is 10.9. The number of ether oxygens (including phenoxy) is 2. The Hall–Kier alpha value is -0.120. The van der Waals surface area contributed by atoms with Crippen molar-refractivity contribution in [1.82, 2.24) is 5.32 Å². The van der Waals surface area contributed by atoms with E-state index in [2.05, 4.69) is 26.1 Å². The predicted molar refractivity (Wildman–Crippen MR) is 71.3 cm³/mol. The molecule has 0 radical (unpaired) electrons. The zero-order valence-corrected chi connectivity index (χ0v) is 11.9. The van der Waals surface area contributed by atoms with Crippen LogP contribution in [-0.4, -0.2) is 39.0 Å². The molecule has 0 aliphatic carbocycles. The van der Waals surface area contributed by atoms with Crippen molar-refractivity contribution in [3.63, 3.8) is 0 Å². The Morgan fingerprint density at radius 1 is 1.41 bits per heavy atom. The fourth-order valence-electron chi connectivity index (χ4n) is 2.60. The van der Waals surface area contributed by atoms with Gasteiger partial charge in [-0.3, -0.25) is 0 Å².